The topological polar surface area (TPSA) is 9.23 Å². The highest BCUT2D eigenvalue weighted by molar-refractivity contribution is 5.13. The first-order chi connectivity index (χ1) is 5.07. The van der Waals surface area contributed by atoms with Crippen LogP contribution in [-0.2, 0) is 4.74 Å². The number of hydrogen-bond donors (Lipinski definition) is 0. The quantitative estimate of drug-likeness (QED) is 0.525. The first-order valence-corrected chi connectivity index (χ1v) is 4.06. The van der Waals surface area contributed by atoms with E-state index >= 15 is 0 Å². The van der Waals surface area contributed by atoms with Gasteiger partial charge in [-0.15, -0.1) is 0 Å². The molecular weight excluding hydrogens is 136 g/mol. The lowest BCUT2D eigenvalue weighted by molar-refractivity contribution is 0.103. The van der Waals surface area contributed by atoms with Crippen LogP contribution < -0.4 is 0 Å². The second-order valence-corrected chi connectivity index (χ2v) is 3.54. The Labute approximate surface area is 68.8 Å². The lowest BCUT2D eigenvalue weighted by atomic mass is 10.0. The maximum absolute atomic E-state index is 5.72. The van der Waals surface area contributed by atoms with Crippen LogP contribution in [0.25, 0.3) is 0 Å². The summed E-state index contributed by atoms with van der Waals surface area (Å²) in [4.78, 5) is 0. The van der Waals surface area contributed by atoms with E-state index in [4.69, 9.17) is 4.74 Å². The van der Waals surface area contributed by atoms with E-state index in [2.05, 4.69) is 27.4 Å². The average molecular weight is 152 g/mol. The fourth-order valence-electron chi connectivity index (χ4n) is 1.24. The summed E-state index contributed by atoms with van der Waals surface area (Å²) in [7, 11) is 0. The first kappa shape index (κ1) is 8.38. The van der Waals surface area contributed by atoms with Gasteiger partial charge in [0.15, 0.2) is 0 Å². The van der Waals surface area contributed by atoms with Crippen molar-refractivity contribution in [3.05, 3.63) is 24.0 Å². The van der Waals surface area contributed by atoms with Crippen molar-refractivity contribution >= 4 is 0 Å². The van der Waals surface area contributed by atoms with Crippen LogP contribution in [0, 0.1) is 0 Å². The molecule has 11 heavy (non-hydrogen) atoms. The lowest BCUT2D eigenvalue weighted by Crippen LogP contribution is -2.17. The highest BCUT2D eigenvalue weighted by Crippen LogP contribution is 2.34. The molecule has 1 atom stereocenters. The van der Waals surface area contributed by atoms with Crippen LogP contribution in [0.3, 0.4) is 0 Å². The Kier molecular flexibility index (Phi) is 2.08. The molecule has 1 unspecified atom stereocenters. The number of allylic oxidation sites excluding steroid dienone is 2. The van der Waals surface area contributed by atoms with Gasteiger partial charge < -0.3 is 4.74 Å². The van der Waals surface area contributed by atoms with E-state index < -0.39 is 0 Å². The van der Waals surface area contributed by atoms with Crippen molar-refractivity contribution in [2.45, 2.75) is 39.2 Å². The second-order valence-electron chi connectivity index (χ2n) is 3.54. The normalized spacial score (nSPS) is 29.9. The standard InChI is InChI=1S/C10H16O/c1-5-10(4)7-6-9(11-10)8(2)3/h5H,1,6-7H2,2-4H3. The predicted molar refractivity (Wildman–Crippen MR) is 47.3 cm³/mol. The second kappa shape index (κ2) is 2.72. The van der Waals surface area contributed by atoms with Crippen molar-refractivity contribution in [2.24, 2.45) is 0 Å². The Morgan fingerprint density at radius 2 is 2.27 bits per heavy atom. The zero-order valence-corrected chi connectivity index (χ0v) is 7.61. The van der Waals surface area contributed by atoms with E-state index in [-0.39, 0.29) is 5.60 Å². The Morgan fingerprint density at radius 3 is 2.55 bits per heavy atom. The maximum atomic E-state index is 5.72. The highest BCUT2D eigenvalue weighted by atomic mass is 16.5. The summed E-state index contributed by atoms with van der Waals surface area (Å²) in [6.07, 6.45) is 4.02. The molecule has 0 aromatic rings. The molecule has 1 aliphatic heterocycles. The third-order valence-corrected chi connectivity index (χ3v) is 2.19. The molecule has 1 heterocycles. The van der Waals surface area contributed by atoms with Gasteiger partial charge in [0.05, 0.1) is 5.76 Å². The molecule has 1 heteroatoms. The zero-order chi connectivity index (χ0) is 8.48. The van der Waals surface area contributed by atoms with Crippen molar-refractivity contribution in [3.8, 4) is 0 Å². The summed E-state index contributed by atoms with van der Waals surface area (Å²) in [6.45, 7) is 10.0. The molecule has 0 saturated carbocycles. The van der Waals surface area contributed by atoms with Crippen LogP contribution in [0.15, 0.2) is 24.0 Å². The van der Waals surface area contributed by atoms with E-state index in [0.29, 0.717) is 0 Å². The summed E-state index contributed by atoms with van der Waals surface area (Å²) in [5.41, 5.74) is 1.18. The van der Waals surface area contributed by atoms with Gasteiger partial charge in [-0.1, -0.05) is 6.58 Å². The zero-order valence-electron chi connectivity index (χ0n) is 7.61. The Morgan fingerprint density at radius 1 is 1.64 bits per heavy atom. The third-order valence-electron chi connectivity index (χ3n) is 2.19. The molecule has 0 spiro atoms. The summed E-state index contributed by atoms with van der Waals surface area (Å²) < 4.78 is 5.72. The van der Waals surface area contributed by atoms with Crippen LogP contribution >= 0.6 is 0 Å². The Bertz CT molecular complexity index is 199. The summed E-state index contributed by atoms with van der Waals surface area (Å²) >= 11 is 0. The third kappa shape index (κ3) is 1.65. The van der Waals surface area contributed by atoms with E-state index in [1.807, 2.05) is 6.08 Å². The minimum Gasteiger partial charge on any atom is -0.488 e. The molecule has 1 rings (SSSR count). The lowest BCUT2D eigenvalue weighted by Gasteiger charge is -2.18. The van der Waals surface area contributed by atoms with E-state index in [0.717, 1.165) is 18.6 Å². The smallest absolute Gasteiger partial charge is 0.124 e. The summed E-state index contributed by atoms with van der Waals surface area (Å²) in [5, 5.41) is 0. The van der Waals surface area contributed by atoms with Gasteiger partial charge in [-0.05, 0) is 38.8 Å². The highest BCUT2D eigenvalue weighted by Gasteiger charge is 2.30. The molecule has 0 radical (unpaired) electrons. The fourth-order valence-corrected chi connectivity index (χ4v) is 1.24. The maximum Gasteiger partial charge on any atom is 0.124 e. The van der Waals surface area contributed by atoms with Gasteiger partial charge in [0, 0.05) is 6.42 Å². The molecule has 0 bridgehead atoms. The molecule has 0 N–H and O–H groups in total. The van der Waals surface area contributed by atoms with E-state index in [9.17, 15) is 0 Å². The summed E-state index contributed by atoms with van der Waals surface area (Å²) in [5.74, 6) is 1.15. The molecule has 1 aliphatic rings. The van der Waals surface area contributed by atoms with Crippen molar-refractivity contribution in [1.82, 2.24) is 0 Å². The van der Waals surface area contributed by atoms with Gasteiger partial charge in [-0.2, -0.15) is 0 Å². The van der Waals surface area contributed by atoms with Gasteiger partial charge in [-0.3, -0.25) is 0 Å². The van der Waals surface area contributed by atoms with Crippen LogP contribution in [0.5, 0.6) is 0 Å². The van der Waals surface area contributed by atoms with Crippen molar-refractivity contribution in [2.75, 3.05) is 0 Å². The van der Waals surface area contributed by atoms with Gasteiger partial charge in [0.2, 0.25) is 0 Å². The number of hydrogen-bond acceptors (Lipinski definition) is 1. The van der Waals surface area contributed by atoms with Gasteiger partial charge in [-0.25, -0.2) is 0 Å². The molecule has 1 saturated heterocycles. The molecule has 1 nitrogen and oxygen atoms in total. The van der Waals surface area contributed by atoms with E-state index in [1.165, 1.54) is 5.57 Å². The van der Waals surface area contributed by atoms with Crippen molar-refractivity contribution in [3.63, 3.8) is 0 Å². The van der Waals surface area contributed by atoms with Gasteiger partial charge >= 0.3 is 0 Å². The first-order valence-electron chi connectivity index (χ1n) is 4.06. The van der Waals surface area contributed by atoms with Gasteiger partial charge in [0.1, 0.15) is 5.60 Å². The van der Waals surface area contributed by atoms with E-state index in [1.54, 1.807) is 0 Å². The SMILES string of the molecule is C=CC1(C)CCC(=C(C)C)O1. The van der Waals surface area contributed by atoms with Crippen LogP contribution in [0.4, 0.5) is 0 Å². The predicted octanol–water partition coefficient (Wildman–Crippen LogP) is 3.04. The van der Waals surface area contributed by atoms with Crippen LogP contribution in [0.1, 0.15) is 33.6 Å². The molecule has 0 aromatic carbocycles. The summed E-state index contributed by atoms with van der Waals surface area (Å²) in [6, 6.07) is 0. The monoisotopic (exact) mass is 152 g/mol. The van der Waals surface area contributed by atoms with Gasteiger partial charge in [0.25, 0.3) is 0 Å². The number of rotatable bonds is 1. The average Bonchev–Trinajstić information content (AvgIpc) is 2.33. The molecule has 62 valence electrons. The Hall–Kier alpha value is -0.720. The minimum absolute atomic E-state index is 0.105. The largest absolute Gasteiger partial charge is 0.488 e. The Balaban J connectivity index is 2.75. The fraction of sp³-hybridized carbons (Fsp3) is 0.600. The molecule has 0 aliphatic carbocycles. The van der Waals surface area contributed by atoms with Crippen molar-refractivity contribution in [1.29, 1.82) is 0 Å². The van der Waals surface area contributed by atoms with Crippen LogP contribution in [0.2, 0.25) is 0 Å². The minimum atomic E-state index is -0.105. The number of ether oxygens (including phenoxy) is 1. The molecule has 0 aromatic heterocycles. The van der Waals surface area contributed by atoms with Crippen LogP contribution in [-0.4, -0.2) is 5.60 Å². The molecule has 1 fully saturated rings. The molecule has 0 amide bonds. The van der Waals surface area contributed by atoms with Crippen molar-refractivity contribution < 1.29 is 4.74 Å². The molecular formula is C10H16O.